The summed E-state index contributed by atoms with van der Waals surface area (Å²) in [6.45, 7) is 6.68. The highest BCUT2D eigenvalue weighted by molar-refractivity contribution is 5.94. The average Bonchev–Trinajstić information content (AvgIpc) is 2.62. The van der Waals surface area contributed by atoms with E-state index in [4.69, 9.17) is 0 Å². The average molecular weight is 327 g/mol. The number of amides is 1. The maximum Gasteiger partial charge on any atom is 0.255 e. The third-order valence-corrected chi connectivity index (χ3v) is 4.66. The Bertz CT molecular complexity index is 709. The smallest absolute Gasteiger partial charge is 0.255 e. The normalized spacial score (nSPS) is 16.9. The first-order valence-corrected chi connectivity index (χ1v) is 8.26. The molecule has 1 aliphatic rings. The van der Waals surface area contributed by atoms with Crippen LogP contribution in [0.1, 0.15) is 34.6 Å². The molecule has 0 saturated carbocycles. The van der Waals surface area contributed by atoms with Gasteiger partial charge in [0.1, 0.15) is 5.82 Å². The molecular weight excluding hydrogens is 305 g/mol. The number of benzene rings is 1. The van der Waals surface area contributed by atoms with Crippen molar-refractivity contribution in [3.63, 3.8) is 0 Å². The first-order valence-electron chi connectivity index (χ1n) is 8.26. The number of carbonyl (C=O) groups is 1. The van der Waals surface area contributed by atoms with Gasteiger partial charge >= 0.3 is 0 Å². The topological polar surface area (TPSA) is 36.4 Å². The number of pyridine rings is 1. The van der Waals surface area contributed by atoms with Gasteiger partial charge in [0.15, 0.2) is 0 Å². The van der Waals surface area contributed by atoms with Gasteiger partial charge in [0, 0.05) is 49.7 Å². The van der Waals surface area contributed by atoms with Gasteiger partial charge in [-0.25, -0.2) is 4.39 Å². The number of aromatic nitrogens is 1. The van der Waals surface area contributed by atoms with Crippen molar-refractivity contribution in [1.82, 2.24) is 14.8 Å². The lowest BCUT2D eigenvalue weighted by Gasteiger charge is -2.38. The summed E-state index contributed by atoms with van der Waals surface area (Å²) in [5.74, 6) is -0.157. The predicted octanol–water partition coefficient (Wildman–Crippen LogP) is 3.05. The van der Waals surface area contributed by atoms with Crippen LogP contribution in [0.4, 0.5) is 4.39 Å². The molecule has 24 heavy (non-hydrogen) atoms. The first-order chi connectivity index (χ1) is 11.6. The molecule has 1 aliphatic heterocycles. The van der Waals surface area contributed by atoms with Crippen LogP contribution in [0.15, 0.2) is 42.6 Å². The van der Waals surface area contributed by atoms with Crippen molar-refractivity contribution < 1.29 is 9.18 Å². The summed E-state index contributed by atoms with van der Waals surface area (Å²) in [5.41, 5.74) is 2.23. The molecule has 0 spiro atoms. The third kappa shape index (κ3) is 3.46. The van der Waals surface area contributed by atoms with Crippen molar-refractivity contribution >= 4 is 5.91 Å². The van der Waals surface area contributed by atoms with Gasteiger partial charge in [-0.1, -0.05) is 18.2 Å². The largest absolute Gasteiger partial charge is 0.336 e. The Balaban J connectivity index is 1.62. The minimum atomic E-state index is -0.172. The molecule has 1 fully saturated rings. The molecule has 1 amide bonds. The summed E-state index contributed by atoms with van der Waals surface area (Å²) in [6.07, 6.45) is 1.63. The third-order valence-electron chi connectivity index (χ3n) is 4.66. The second-order valence-corrected chi connectivity index (χ2v) is 6.21. The number of halogens is 1. The van der Waals surface area contributed by atoms with E-state index in [0.29, 0.717) is 24.2 Å². The Hall–Kier alpha value is -2.27. The van der Waals surface area contributed by atoms with Gasteiger partial charge in [-0.2, -0.15) is 0 Å². The minimum absolute atomic E-state index is 0.00416. The molecule has 5 heteroatoms. The summed E-state index contributed by atoms with van der Waals surface area (Å²) >= 11 is 0. The molecular formula is C19H22FN3O. The second-order valence-electron chi connectivity index (χ2n) is 6.21. The van der Waals surface area contributed by atoms with E-state index in [9.17, 15) is 9.18 Å². The zero-order chi connectivity index (χ0) is 17.1. The molecule has 3 rings (SSSR count). The number of rotatable bonds is 3. The van der Waals surface area contributed by atoms with Crippen molar-refractivity contribution in [1.29, 1.82) is 0 Å². The lowest BCUT2D eigenvalue weighted by atomic mass is 10.1. The molecule has 0 N–H and O–H groups in total. The van der Waals surface area contributed by atoms with Crippen molar-refractivity contribution in [3.8, 4) is 0 Å². The molecule has 0 aliphatic carbocycles. The van der Waals surface area contributed by atoms with E-state index in [0.717, 1.165) is 18.8 Å². The summed E-state index contributed by atoms with van der Waals surface area (Å²) in [6, 6.07) is 10.6. The van der Waals surface area contributed by atoms with Crippen LogP contribution in [0.2, 0.25) is 0 Å². The van der Waals surface area contributed by atoms with E-state index in [1.165, 1.54) is 6.07 Å². The van der Waals surface area contributed by atoms with Crippen LogP contribution in [0.25, 0.3) is 0 Å². The molecule has 1 unspecified atom stereocenters. The summed E-state index contributed by atoms with van der Waals surface area (Å²) < 4.78 is 14.0. The second kappa shape index (κ2) is 7.09. The Morgan fingerprint density at radius 1 is 1.12 bits per heavy atom. The van der Waals surface area contributed by atoms with Gasteiger partial charge in [-0.15, -0.1) is 0 Å². The molecule has 0 bridgehead atoms. The van der Waals surface area contributed by atoms with Gasteiger partial charge < -0.3 is 4.90 Å². The highest BCUT2D eigenvalue weighted by Crippen LogP contribution is 2.24. The summed E-state index contributed by atoms with van der Waals surface area (Å²) in [4.78, 5) is 20.8. The van der Waals surface area contributed by atoms with E-state index in [1.807, 2.05) is 43.0 Å². The Labute approximate surface area is 141 Å². The van der Waals surface area contributed by atoms with Crippen LogP contribution in [0.5, 0.6) is 0 Å². The lowest BCUT2D eigenvalue weighted by Crippen LogP contribution is -2.49. The highest BCUT2D eigenvalue weighted by atomic mass is 19.1. The fourth-order valence-electron chi connectivity index (χ4n) is 3.10. The standard InChI is InChI=1S/C19H22FN3O/c1-14-7-8-16(13-21-14)19(24)23-11-9-22(10-12-23)15(2)17-5-3-4-6-18(17)20/h3-8,13,15H,9-12H2,1-2H3. The van der Waals surface area contributed by atoms with Gasteiger partial charge in [0.25, 0.3) is 5.91 Å². The summed E-state index contributed by atoms with van der Waals surface area (Å²) in [7, 11) is 0. The monoisotopic (exact) mass is 327 g/mol. The zero-order valence-electron chi connectivity index (χ0n) is 14.1. The van der Waals surface area contributed by atoms with Crippen LogP contribution in [0, 0.1) is 12.7 Å². The van der Waals surface area contributed by atoms with Crippen LogP contribution in [-0.2, 0) is 0 Å². The molecule has 0 radical (unpaired) electrons. The predicted molar refractivity (Wildman–Crippen MR) is 91.3 cm³/mol. The Morgan fingerprint density at radius 2 is 1.83 bits per heavy atom. The number of nitrogens with zero attached hydrogens (tertiary/aromatic N) is 3. The van der Waals surface area contributed by atoms with Gasteiger partial charge in [0.2, 0.25) is 0 Å². The molecule has 2 heterocycles. The maximum atomic E-state index is 14.0. The molecule has 1 atom stereocenters. The fourth-order valence-corrected chi connectivity index (χ4v) is 3.10. The molecule has 1 aromatic heterocycles. The van der Waals surface area contributed by atoms with E-state index in [-0.39, 0.29) is 17.8 Å². The van der Waals surface area contributed by atoms with Crippen molar-refractivity contribution in [3.05, 3.63) is 65.2 Å². The molecule has 1 aromatic carbocycles. The number of hydrogen-bond acceptors (Lipinski definition) is 3. The Kier molecular flexibility index (Phi) is 4.90. The van der Waals surface area contributed by atoms with Crippen molar-refractivity contribution in [2.24, 2.45) is 0 Å². The number of hydrogen-bond donors (Lipinski definition) is 0. The van der Waals surface area contributed by atoms with E-state index in [1.54, 1.807) is 12.3 Å². The Morgan fingerprint density at radius 3 is 2.46 bits per heavy atom. The minimum Gasteiger partial charge on any atom is -0.336 e. The number of aryl methyl sites for hydroxylation is 1. The summed E-state index contributed by atoms with van der Waals surface area (Å²) in [5, 5.41) is 0. The number of carbonyl (C=O) groups excluding carboxylic acids is 1. The number of piperazine rings is 1. The van der Waals surface area contributed by atoms with Crippen molar-refractivity contribution in [2.45, 2.75) is 19.9 Å². The lowest BCUT2D eigenvalue weighted by molar-refractivity contribution is 0.0578. The zero-order valence-corrected chi connectivity index (χ0v) is 14.1. The maximum absolute atomic E-state index is 14.0. The SMILES string of the molecule is Cc1ccc(C(=O)N2CCN(C(C)c3ccccc3F)CC2)cn1. The quantitative estimate of drug-likeness (QED) is 0.869. The van der Waals surface area contributed by atoms with Gasteiger partial charge in [-0.05, 0) is 32.0 Å². The van der Waals surface area contributed by atoms with E-state index >= 15 is 0 Å². The fraction of sp³-hybridized carbons (Fsp3) is 0.368. The van der Waals surface area contributed by atoms with Crippen LogP contribution < -0.4 is 0 Å². The van der Waals surface area contributed by atoms with E-state index < -0.39 is 0 Å². The van der Waals surface area contributed by atoms with Crippen LogP contribution in [0.3, 0.4) is 0 Å². The van der Waals surface area contributed by atoms with Crippen LogP contribution >= 0.6 is 0 Å². The molecule has 126 valence electrons. The molecule has 2 aromatic rings. The molecule has 4 nitrogen and oxygen atoms in total. The van der Waals surface area contributed by atoms with Crippen LogP contribution in [-0.4, -0.2) is 46.9 Å². The van der Waals surface area contributed by atoms with Gasteiger partial charge in [-0.3, -0.25) is 14.7 Å². The van der Waals surface area contributed by atoms with Crippen molar-refractivity contribution in [2.75, 3.05) is 26.2 Å². The first kappa shape index (κ1) is 16.6. The van der Waals surface area contributed by atoms with Gasteiger partial charge in [0.05, 0.1) is 5.56 Å². The van der Waals surface area contributed by atoms with E-state index in [2.05, 4.69) is 9.88 Å². The highest BCUT2D eigenvalue weighted by Gasteiger charge is 2.26. The molecule has 1 saturated heterocycles.